The van der Waals surface area contributed by atoms with Gasteiger partial charge in [0.25, 0.3) is 0 Å². The molecule has 0 radical (unpaired) electrons. The van der Waals surface area contributed by atoms with Crippen molar-refractivity contribution in [1.29, 1.82) is 0 Å². The van der Waals surface area contributed by atoms with E-state index in [-0.39, 0.29) is 49.5 Å². The highest BCUT2D eigenvalue weighted by Crippen LogP contribution is 2.66. The topological polar surface area (TPSA) is 138 Å². The lowest BCUT2D eigenvalue weighted by Gasteiger charge is -2.65. The van der Waals surface area contributed by atoms with Gasteiger partial charge in [0.1, 0.15) is 18.3 Å². The van der Waals surface area contributed by atoms with E-state index in [9.17, 15) is 33.4 Å². The lowest BCUT2D eigenvalue weighted by molar-refractivity contribution is -0.403. The first-order valence-electron chi connectivity index (χ1n) is 20.2. The van der Waals surface area contributed by atoms with Gasteiger partial charge in [0.05, 0.1) is 35.2 Å². The van der Waals surface area contributed by atoms with Gasteiger partial charge in [-0.25, -0.2) is 4.79 Å². The molecule has 8 atom stereocenters. The summed E-state index contributed by atoms with van der Waals surface area (Å²) in [4.78, 5) is 40.4. The quantitative estimate of drug-likeness (QED) is 0.252. The predicted molar refractivity (Wildman–Crippen MR) is 176 cm³/mol. The third-order valence-electron chi connectivity index (χ3n) is 16.1. The van der Waals surface area contributed by atoms with Crippen LogP contribution in [0.15, 0.2) is 0 Å². The molecule has 13 fully saturated rings. The van der Waals surface area contributed by atoms with Crippen LogP contribution in [-0.2, 0) is 38.1 Å². The zero-order valence-electron chi connectivity index (χ0n) is 30.3. The lowest BCUT2D eigenvalue weighted by Crippen LogP contribution is -2.70. The maximum atomic E-state index is 14.0. The number of halogens is 2. The summed E-state index contributed by atoms with van der Waals surface area (Å²) in [5.41, 5.74) is -3.99. The van der Waals surface area contributed by atoms with E-state index in [0.29, 0.717) is 62.7 Å². The summed E-state index contributed by atoms with van der Waals surface area (Å²) in [7, 11) is 0. The van der Waals surface area contributed by atoms with Gasteiger partial charge >= 0.3 is 23.8 Å². The number of hydrogen-bond acceptors (Lipinski definition) is 10. The number of ether oxygens (including phenoxy) is 5. The minimum absolute atomic E-state index is 0.0206. The summed E-state index contributed by atoms with van der Waals surface area (Å²) >= 11 is 0. The summed E-state index contributed by atoms with van der Waals surface area (Å²) in [6.45, 7) is 0.733. The number of hydrogen-bond donors (Lipinski definition) is 2. The van der Waals surface area contributed by atoms with Gasteiger partial charge in [-0.1, -0.05) is 0 Å². The molecule has 0 aromatic carbocycles. The zero-order valence-corrected chi connectivity index (χ0v) is 30.3. The SMILES string of the molecule is CC(F)(F)C(=O)OC12CC3CC(C1)C1(OCC(COC(=O)C45CC6CC(CC(O)(C6)C4)C5)C(COC(=O)C45CC6CC(CC(O)(C6)C4)C5)O1)C(C3)C2. The van der Waals surface area contributed by atoms with Crippen molar-refractivity contribution in [2.75, 3.05) is 19.8 Å². The monoisotopic (exact) mass is 732 g/mol. The van der Waals surface area contributed by atoms with Gasteiger partial charge in [-0.15, -0.1) is 0 Å². The van der Waals surface area contributed by atoms with Crippen molar-refractivity contribution >= 4 is 17.9 Å². The molecule has 1 aliphatic heterocycles. The van der Waals surface area contributed by atoms with Crippen molar-refractivity contribution in [1.82, 2.24) is 0 Å². The van der Waals surface area contributed by atoms with Crippen LogP contribution in [0.1, 0.15) is 116 Å². The molecule has 52 heavy (non-hydrogen) atoms. The molecule has 1 saturated heterocycles. The standard InChI is InChI=1S/C40H54F2O10/c1-34(41,42)31(43)52-39-14-22-4-28(15-39)40(29(5-22)16-39)50-18-27(17-48-32(44)35-6-23-2-24(7-35)11-37(46,10-23)20-35)30(51-40)19-49-33(45)36-8-25-3-26(9-36)13-38(47,12-25)21-36/h22-30,46-47H,2-21H2,1H3. The van der Waals surface area contributed by atoms with E-state index in [4.69, 9.17) is 23.7 Å². The van der Waals surface area contributed by atoms with Crippen LogP contribution in [0, 0.1) is 58.2 Å². The molecule has 288 valence electrons. The van der Waals surface area contributed by atoms with E-state index in [1.807, 2.05) is 0 Å². The number of carbonyl (C=O) groups is 3. The first-order valence-corrected chi connectivity index (χ1v) is 20.2. The predicted octanol–water partition coefficient (Wildman–Crippen LogP) is 5.24. The highest BCUT2D eigenvalue weighted by Gasteiger charge is 2.68. The Morgan fingerprint density at radius 3 is 1.67 bits per heavy atom. The largest absolute Gasteiger partial charge is 0.465 e. The Balaban J connectivity index is 0.878. The number of aliphatic hydroxyl groups is 2. The first kappa shape index (κ1) is 34.6. The summed E-state index contributed by atoms with van der Waals surface area (Å²) in [5, 5.41) is 22.6. The van der Waals surface area contributed by atoms with E-state index in [1.165, 1.54) is 0 Å². The van der Waals surface area contributed by atoms with Crippen LogP contribution >= 0.6 is 0 Å². The summed E-state index contributed by atoms with van der Waals surface area (Å²) in [6.07, 6.45) is 11.0. The van der Waals surface area contributed by atoms with Gasteiger partial charge in [0.15, 0.2) is 5.79 Å². The molecule has 0 amide bonds. The highest BCUT2D eigenvalue weighted by molar-refractivity contribution is 5.79. The zero-order chi connectivity index (χ0) is 36.1. The molecule has 2 N–H and O–H groups in total. The number of alkyl halides is 2. The summed E-state index contributed by atoms with van der Waals surface area (Å²) < 4.78 is 59.6. The lowest BCUT2D eigenvalue weighted by atomic mass is 9.48. The molecule has 12 aliphatic carbocycles. The highest BCUT2D eigenvalue weighted by atomic mass is 19.3. The van der Waals surface area contributed by atoms with Gasteiger partial charge in [0, 0.05) is 24.7 Å². The second kappa shape index (κ2) is 11.1. The van der Waals surface area contributed by atoms with Crippen molar-refractivity contribution in [3.8, 4) is 0 Å². The minimum atomic E-state index is -3.58. The van der Waals surface area contributed by atoms with Crippen molar-refractivity contribution in [3.63, 3.8) is 0 Å². The molecule has 0 aromatic rings. The number of carbonyl (C=O) groups excluding carboxylic acids is 3. The number of esters is 3. The van der Waals surface area contributed by atoms with Crippen molar-refractivity contribution in [3.05, 3.63) is 0 Å². The smallest absolute Gasteiger partial charge is 0.377 e. The second-order valence-corrected chi connectivity index (χ2v) is 20.4. The first-order chi connectivity index (χ1) is 24.5. The molecule has 12 heteroatoms. The third-order valence-corrected chi connectivity index (χ3v) is 16.1. The Morgan fingerprint density at radius 2 is 1.19 bits per heavy atom. The average molecular weight is 733 g/mol. The van der Waals surface area contributed by atoms with Gasteiger partial charge in [-0.3, -0.25) is 9.59 Å². The molecule has 13 aliphatic rings. The van der Waals surface area contributed by atoms with Crippen LogP contribution in [0.5, 0.6) is 0 Å². The Kier molecular flexibility index (Phi) is 7.40. The molecule has 1 spiro atoms. The van der Waals surface area contributed by atoms with E-state index in [2.05, 4.69) is 0 Å². The fraction of sp³-hybridized carbons (Fsp3) is 0.925. The van der Waals surface area contributed by atoms with E-state index in [1.54, 1.807) is 0 Å². The van der Waals surface area contributed by atoms with Gasteiger partial charge in [-0.2, -0.15) is 8.78 Å². The van der Waals surface area contributed by atoms with E-state index in [0.717, 1.165) is 77.0 Å². The van der Waals surface area contributed by atoms with Gasteiger partial charge in [-0.05, 0) is 139 Å². The van der Waals surface area contributed by atoms with Crippen molar-refractivity contribution in [2.45, 2.75) is 151 Å². The molecule has 12 bridgehead atoms. The maximum absolute atomic E-state index is 14.0. The minimum Gasteiger partial charge on any atom is -0.465 e. The third kappa shape index (κ3) is 5.36. The maximum Gasteiger partial charge on any atom is 0.377 e. The molecule has 0 aromatic heterocycles. The van der Waals surface area contributed by atoms with Crippen LogP contribution < -0.4 is 0 Å². The van der Waals surface area contributed by atoms with E-state index < -0.39 is 57.3 Å². The average Bonchev–Trinajstić information content (AvgIpc) is 3.02. The molecule has 10 nitrogen and oxygen atoms in total. The number of rotatable bonds is 8. The molecule has 8 unspecified atom stereocenters. The molecule has 1 heterocycles. The molecule has 13 rings (SSSR count). The Hall–Kier alpha value is -1.89. The van der Waals surface area contributed by atoms with Crippen LogP contribution in [-0.4, -0.2) is 82.6 Å². The van der Waals surface area contributed by atoms with E-state index >= 15 is 0 Å². The van der Waals surface area contributed by atoms with Gasteiger partial charge < -0.3 is 33.9 Å². The Bertz CT molecular complexity index is 1500. The van der Waals surface area contributed by atoms with Crippen molar-refractivity contribution < 1.29 is 57.1 Å². The van der Waals surface area contributed by atoms with Crippen LogP contribution in [0.2, 0.25) is 0 Å². The molecular weight excluding hydrogens is 678 g/mol. The normalized spacial score (nSPS) is 53.4. The summed E-state index contributed by atoms with van der Waals surface area (Å²) in [5.74, 6) is -6.05. The van der Waals surface area contributed by atoms with Crippen LogP contribution in [0.25, 0.3) is 0 Å². The van der Waals surface area contributed by atoms with Crippen molar-refractivity contribution in [2.24, 2.45) is 58.2 Å². The second-order valence-electron chi connectivity index (χ2n) is 20.4. The fourth-order valence-electron chi connectivity index (χ4n) is 15.3. The fourth-order valence-corrected chi connectivity index (χ4v) is 15.3. The Morgan fingerprint density at radius 1 is 0.692 bits per heavy atom. The molecular formula is C40H54F2O10. The molecule has 12 saturated carbocycles. The van der Waals surface area contributed by atoms with Gasteiger partial charge in [0.2, 0.25) is 0 Å². The summed E-state index contributed by atoms with van der Waals surface area (Å²) in [6, 6.07) is 0. The van der Waals surface area contributed by atoms with Crippen LogP contribution in [0.3, 0.4) is 0 Å². The Labute approximate surface area is 303 Å². The van der Waals surface area contributed by atoms with Crippen LogP contribution in [0.4, 0.5) is 8.78 Å².